The van der Waals surface area contributed by atoms with Crippen molar-refractivity contribution in [3.8, 4) is 0 Å². The predicted molar refractivity (Wildman–Crippen MR) is 45.6 cm³/mol. The zero-order valence-corrected chi connectivity index (χ0v) is 7.04. The summed E-state index contributed by atoms with van der Waals surface area (Å²) in [6.45, 7) is 0. The highest BCUT2D eigenvalue weighted by molar-refractivity contribution is 6.00. The fraction of sp³-hybridized carbons (Fsp3) is 0.375. The SMILES string of the molecule is CNC1=CC(F)C(=NOC)C=C1. The van der Waals surface area contributed by atoms with Gasteiger partial charge >= 0.3 is 0 Å². The van der Waals surface area contributed by atoms with Gasteiger partial charge in [0.1, 0.15) is 12.8 Å². The highest BCUT2D eigenvalue weighted by Crippen LogP contribution is 2.09. The van der Waals surface area contributed by atoms with Gasteiger partial charge in [-0.1, -0.05) is 5.16 Å². The molecular formula is C8H11FN2O. The van der Waals surface area contributed by atoms with Crippen LogP contribution in [-0.2, 0) is 4.84 Å². The second kappa shape index (κ2) is 3.90. The first-order valence-corrected chi connectivity index (χ1v) is 3.60. The van der Waals surface area contributed by atoms with Gasteiger partial charge in [0, 0.05) is 12.7 Å². The van der Waals surface area contributed by atoms with Gasteiger partial charge < -0.3 is 10.2 Å². The van der Waals surface area contributed by atoms with E-state index in [-0.39, 0.29) is 5.71 Å². The van der Waals surface area contributed by atoms with Crippen molar-refractivity contribution in [1.29, 1.82) is 0 Å². The first kappa shape index (κ1) is 8.77. The molecule has 66 valence electrons. The van der Waals surface area contributed by atoms with Crippen LogP contribution in [0.5, 0.6) is 0 Å². The molecule has 1 aliphatic carbocycles. The number of nitrogens with zero attached hydrogens (tertiary/aromatic N) is 1. The maximum Gasteiger partial charge on any atom is 0.166 e. The third kappa shape index (κ3) is 1.84. The van der Waals surface area contributed by atoms with Gasteiger partial charge in [-0.2, -0.15) is 0 Å². The van der Waals surface area contributed by atoms with E-state index in [1.807, 2.05) is 0 Å². The topological polar surface area (TPSA) is 33.6 Å². The molecule has 0 aromatic rings. The number of oxime groups is 1. The second-order valence-corrected chi connectivity index (χ2v) is 2.31. The van der Waals surface area contributed by atoms with Crippen molar-refractivity contribution in [2.24, 2.45) is 5.16 Å². The number of likely N-dealkylation sites (N-methyl/N-ethyl adjacent to an activating group) is 1. The zero-order chi connectivity index (χ0) is 8.97. The second-order valence-electron chi connectivity index (χ2n) is 2.31. The van der Waals surface area contributed by atoms with E-state index < -0.39 is 6.17 Å². The normalized spacial score (nSPS) is 25.4. The molecule has 0 aromatic heterocycles. The smallest absolute Gasteiger partial charge is 0.166 e. The van der Waals surface area contributed by atoms with Gasteiger partial charge in [-0.15, -0.1) is 0 Å². The molecule has 0 radical (unpaired) electrons. The third-order valence-electron chi connectivity index (χ3n) is 1.53. The Morgan fingerprint density at radius 3 is 2.83 bits per heavy atom. The van der Waals surface area contributed by atoms with Gasteiger partial charge in [0.2, 0.25) is 0 Å². The Bertz CT molecular complexity index is 245. The van der Waals surface area contributed by atoms with Gasteiger partial charge in [0.15, 0.2) is 6.17 Å². The van der Waals surface area contributed by atoms with Crippen molar-refractivity contribution in [3.05, 3.63) is 23.9 Å². The van der Waals surface area contributed by atoms with E-state index in [2.05, 4.69) is 15.3 Å². The quantitative estimate of drug-likeness (QED) is 0.627. The Kier molecular flexibility index (Phi) is 2.85. The molecule has 1 aliphatic rings. The first-order chi connectivity index (χ1) is 5.77. The molecule has 1 atom stereocenters. The summed E-state index contributed by atoms with van der Waals surface area (Å²) < 4.78 is 13.1. The largest absolute Gasteiger partial charge is 0.399 e. The van der Waals surface area contributed by atoms with E-state index in [1.54, 1.807) is 19.2 Å². The van der Waals surface area contributed by atoms with Crippen molar-refractivity contribution >= 4 is 5.71 Å². The van der Waals surface area contributed by atoms with Crippen LogP contribution in [0, 0.1) is 0 Å². The van der Waals surface area contributed by atoms with Crippen molar-refractivity contribution < 1.29 is 9.23 Å². The lowest BCUT2D eigenvalue weighted by molar-refractivity contribution is 0.211. The maximum absolute atomic E-state index is 13.1. The summed E-state index contributed by atoms with van der Waals surface area (Å²) in [4.78, 5) is 4.47. The zero-order valence-electron chi connectivity index (χ0n) is 7.04. The number of hydrogen-bond acceptors (Lipinski definition) is 3. The molecule has 0 aliphatic heterocycles. The van der Waals surface area contributed by atoms with Crippen LogP contribution in [0.1, 0.15) is 0 Å². The Hall–Kier alpha value is -1.32. The molecular weight excluding hydrogens is 159 g/mol. The molecule has 0 amide bonds. The molecule has 0 spiro atoms. The van der Waals surface area contributed by atoms with E-state index in [9.17, 15) is 4.39 Å². The average molecular weight is 170 g/mol. The summed E-state index contributed by atoms with van der Waals surface area (Å²) in [6.07, 6.45) is 3.59. The van der Waals surface area contributed by atoms with Crippen LogP contribution >= 0.6 is 0 Å². The fourth-order valence-corrected chi connectivity index (χ4v) is 0.919. The molecule has 1 N–H and O–H groups in total. The predicted octanol–water partition coefficient (Wildman–Crippen LogP) is 1.00. The van der Waals surface area contributed by atoms with Gasteiger partial charge in [-0.3, -0.25) is 0 Å². The maximum atomic E-state index is 13.1. The standard InChI is InChI=1S/C8H11FN2O/c1-10-6-3-4-8(11-12-2)7(9)5-6/h3-5,7,10H,1-2H3. The van der Waals surface area contributed by atoms with E-state index in [0.717, 1.165) is 5.70 Å². The van der Waals surface area contributed by atoms with Crippen molar-refractivity contribution in [2.45, 2.75) is 6.17 Å². The lowest BCUT2D eigenvalue weighted by atomic mass is 10.1. The summed E-state index contributed by atoms with van der Waals surface area (Å²) in [7, 11) is 3.13. The van der Waals surface area contributed by atoms with E-state index in [1.165, 1.54) is 13.2 Å². The minimum atomic E-state index is -1.18. The van der Waals surface area contributed by atoms with Gasteiger partial charge in [-0.25, -0.2) is 4.39 Å². The molecule has 0 heterocycles. The minimum absolute atomic E-state index is 0.288. The Morgan fingerprint density at radius 1 is 1.58 bits per heavy atom. The van der Waals surface area contributed by atoms with Gasteiger partial charge in [-0.05, 0) is 18.2 Å². The summed E-state index contributed by atoms with van der Waals surface area (Å²) in [5.74, 6) is 0. The number of nitrogens with one attached hydrogen (secondary N) is 1. The minimum Gasteiger partial charge on any atom is -0.399 e. The molecule has 0 saturated heterocycles. The molecule has 3 nitrogen and oxygen atoms in total. The highest BCUT2D eigenvalue weighted by atomic mass is 19.1. The number of hydrogen-bond donors (Lipinski definition) is 1. The summed E-state index contributed by atoms with van der Waals surface area (Å²) >= 11 is 0. The summed E-state index contributed by atoms with van der Waals surface area (Å²) in [5.41, 5.74) is 1.04. The van der Waals surface area contributed by atoms with E-state index >= 15 is 0 Å². The van der Waals surface area contributed by atoms with Crippen LogP contribution in [0.2, 0.25) is 0 Å². The number of alkyl halides is 1. The fourth-order valence-electron chi connectivity index (χ4n) is 0.919. The first-order valence-electron chi connectivity index (χ1n) is 3.60. The Labute approximate surface area is 70.6 Å². The molecule has 0 saturated carbocycles. The van der Waals surface area contributed by atoms with Crippen LogP contribution < -0.4 is 5.32 Å². The van der Waals surface area contributed by atoms with Gasteiger partial charge in [0.25, 0.3) is 0 Å². The monoisotopic (exact) mass is 170 g/mol. The molecule has 0 bridgehead atoms. The van der Waals surface area contributed by atoms with Crippen LogP contribution in [0.15, 0.2) is 29.1 Å². The van der Waals surface area contributed by atoms with Crippen molar-refractivity contribution in [1.82, 2.24) is 5.32 Å². The lowest BCUT2D eigenvalue weighted by Crippen LogP contribution is -2.18. The van der Waals surface area contributed by atoms with Crippen molar-refractivity contribution in [3.63, 3.8) is 0 Å². The molecule has 0 fully saturated rings. The van der Waals surface area contributed by atoms with E-state index in [4.69, 9.17) is 0 Å². The Balaban J connectivity index is 2.74. The molecule has 1 rings (SSSR count). The molecule has 4 heteroatoms. The van der Waals surface area contributed by atoms with Crippen molar-refractivity contribution in [2.75, 3.05) is 14.2 Å². The summed E-state index contributed by atoms with van der Waals surface area (Å²) in [5, 5.41) is 6.35. The summed E-state index contributed by atoms with van der Waals surface area (Å²) in [6, 6.07) is 0. The van der Waals surface area contributed by atoms with Crippen LogP contribution in [0.25, 0.3) is 0 Å². The average Bonchev–Trinajstić information content (AvgIpc) is 2.09. The molecule has 1 unspecified atom stereocenters. The van der Waals surface area contributed by atoms with Gasteiger partial charge in [0.05, 0.1) is 0 Å². The van der Waals surface area contributed by atoms with Crippen LogP contribution in [0.3, 0.4) is 0 Å². The lowest BCUT2D eigenvalue weighted by Gasteiger charge is -2.10. The number of rotatable bonds is 2. The number of halogens is 1. The third-order valence-corrected chi connectivity index (χ3v) is 1.53. The van der Waals surface area contributed by atoms with E-state index in [0.29, 0.717) is 0 Å². The highest BCUT2D eigenvalue weighted by Gasteiger charge is 2.14. The molecule has 0 aromatic carbocycles. The molecule has 12 heavy (non-hydrogen) atoms. The van der Waals surface area contributed by atoms with Crippen LogP contribution in [0.4, 0.5) is 4.39 Å². The number of allylic oxidation sites excluding steroid dienone is 3. The Morgan fingerprint density at radius 2 is 2.33 bits per heavy atom. The van der Waals surface area contributed by atoms with Crippen LogP contribution in [-0.4, -0.2) is 26.0 Å².